The number of aliphatic hydroxyl groups excluding tert-OH is 4. The van der Waals surface area contributed by atoms with Crippen LogP contribution < -0.4 is 5.32 Å². The summed E-state index contributed by atoms with van der Waals surface area (Å²) in [6.07, 6.45) is 90.6. The Morgan fingerprint density at radius 1 is 0.293 bits per heavy atom. The van der Waals surface area contributed by atoms with Gasteiger partial charge in [-0.1, -0.05) is 398 Å². The Labute approximate surface area is 514 Å². The fourth-order valence-corrected chi connectivity index (χ4v) is 12.3. The summed E-state index contributed by atoms with van der Waals surface area (Å²) in [5, 5.41) is 44.2. The summed E-state index contributed by atoms with van der Waals surface area (Å²) in [6.45, 7) is 4.10. The minimum atomic E-state index is -1.29. The summed E-state index contributed by atoms with van der Waals surface area (Å²) >= 11 is 0. The highest BCUT2D eigenvalue weighted by atomic mass is 16.3. The molecule has 0 aliphatic heterocycles. The smallest absolute Gasteiger partial charge is 0.249 e. The van der Waals surface area contributed by atoms with E-state index in [4.69, 9.17) is 0 Å². The van der Waals surface area contributed by atoms with Crippen LogP contribution in [0.5, 0.6) is 0 Å². The molecular weight excluding hydrogens is 1010 g/mol. The van der Waals surface area contributed by atoms with Gasteiger partial charge < -0.3 is 25.7 Å². The van der Waals surface area contributed by atoms with Gasteiger partial charge in [0.1, 0.15) is 12.2 Å². The van der Waals surface area contributed by atoms with Gasteiger partial charge in [0.25, 0.3) is 0 Å². The van der Waals surface area contributed by atoms with E-state index in [0.717, 1.165) is 38.5 Å². The van der Waals surface area contributed by atoms with E-state index in [1.54, 1.807) is 0 Å². The Kier molecular flexibility index (Phi) is 69.5. The minimum Gasteiger partial charge on any atom is -0.394 e. The average Bonchev–Trinajstić information content (AvgIpc) is 3.48. The quantitative estimate of drug-likeness (QED) is 0.0308. The second-order valence-electron chi connectivity index (χ2n) is 26.3. The fraction of sp³-hybridized carbons (Fsp3) is 0.934. The lowest BCUT2D eigenvalue weighted by molar-refractivity contribution is -0.132. The minimum absolute atomic E-state index is 0.365. The van der Waals surface area contributed by atoms with Crippen molar-refractivity contribution in [2.24, 2.45) is 0 Å². The third-order valence-electron chi connectivity index (χ3n) is 18.1. The summed E-state index contributed by atoms with van der Waals surface area (Å²) < 4.78 is 0. The highest BCUT2D eigenvalue weighted by Gasteiger charge is 2.28. The predicted molar refractivity (Wildman–Crippen MR) is 362 cm³/mol. The second kappa shape index (κ2) is 70.6. The summed E-state index contributed by atoms with van der Waals surface area (Å²) in [5.74, 6) is -0.588. The number of unbranched alkanes of at least 4 members (excludes halogenated alkanes) is 58. The Bertz CT molecular complexity index is 1260. The van der Waals surface area contributed by atoms with E-state index >= 15 is 0 Å². The molecule has 1 amide bonds. The number of aliphatic hydroxyl groups is 4. The van der Waals surface area contributed by atoms with Crippen LogP contribution in [0.4, 0.5) is 0 Å². The fourth-order valence-electron chi connectivity index (χ4n) is 12.3. The summed E-state index contributed by atoms with van der Waals surface area (Å²) in [7, 11) is 0. The van der Waals surface area contributed by atoms with Gasteiger partial charge in [-0.25, -0.2) is 0 Å². The van der Waals surface area contributed by atoms with Crippen molar-refractivity contribution in [3.05, 3.63) is 24.3 Å². The molecule has 0 aromatic rings. The molecule has 0 heterocycles. The van der Waals surface area contributed by atoms with Crippen LogP contribution in [0.3, 0.4) is 0 Å². The number of carbonyl (C=O) groups excluding carboxylic acids is 1. The topological polar surface area (TPSA) is 110 Å². The van der Waals surface area contributed by atoms with Crippen molar-refractivity contribution in [2.45, 2.75) is 449 Å². The molecule has 0 rings (SSSR count). The van der Waals surface area contributed by atoms with Gasteiger partial charge in [0.05, 0.1) is 18.8 Å². The highest BCUT2D eigenvalue weighted by Crippen LogP contribution is 2.20. The Morgan fingerprint density at radius 2 is 0.512 bits per heavy atom. The van der Waals surface area contributed by atoms with Crippen molar-refractivity contribution < 1.29 is 25.2 Å². The number of nitrogens with one attached hydrogen (secondary N) is 1. The molecule has 0 fully saturated rings. The number of hydrogen-bond donors (Lipinski definition) is 5. The van der Waals surface area contributed by atoms with Crippen LogP contribution in [-0.2, 0) is 4.79 Å². The van der Waals surface area contributed by atoms with Crippen LogP contribution in [0, 0.1) is 0 Å². The van der Waals surface area contributed by atoms with Gasteiger partial charge >= 0.3 is 0 Å². The van der Waals surface area contributed by atoms with Crippen LogP contribution in [0.15, 0.2) is 24.3 Å². The van der Waals surface area contributed by atoms with Gasteiger partial charge in [-0.05, 0) is 51.4 Å². The van der Waals surface area contributed by atoms with Crippen molar-refractivity contribution in [2.75, 3.05) is 6.61 Å². The van der Waals surface area contributed by atoms with Gasteiger partial charge in [-0.3, -0.25) is 4.79 Å². The monoisotopic (exact) mass is 1160 g/mol. The third-order valence-corrected chi connectivity index (χ3v) is 18.1. The lowest BCUT2D eigenvalue weighted by atomic mass is 10.00. The molecule has 0 bridgehead atoms. The molecule has 0 radical (unpaired) electrons. The first-order valence-corrected chi connectivity index (χ1v) is 37.7. The molecule has 0 aromatic carbocycles. The van der Waals surface area contributed by atoms with E-state index in [1.165, 1.54) is 353 Å². The zero-order valence-electron chi connectivity index (χ0n) is 55.8. The van der Waals surface area contributed by atoms with E-state index in [1.807, 2.05) is 0 Å². The molecule has 6 heteroatoms. The first-order chi connectivity index (χ1) is 40.5. The first kappa shape index (κ1) is 80.8. The van der Waals surface area contributed by atoms with Crippen LogP contribution in [0.1, 0.15) is 425 Å². The molecule has 4 atom stereocenters. The van der Waals surface area contributed by atoms with Crippen molar-refractivity contribution in [3.8, 4) is 0 Å². The lowest BCUT2D eigenvalue weighted by Crippen LogP contribution is -2.53. The first-order valence-electron chi connectivity index (χ1n) is 37.7. The summed E-state index contributed by atoms with van der Waals surface area (Å²) in [5.41, 5.74) is 0. The number of carbonyl (C=O) groups is 1. The zero-order chi connectivity index (χ0) is 59.4. The normalized spacial score (nSPS) is 13.5. The van der Waals surface area contributed by atoms with Crippen LogP contribution >= 0.6 is 0 Å². The van der Waals surface area contributed by atoms with Gasteiger partial charge in [0.2, 0.25) is 5.91 Å². The maximum Gasteiger partial charge on any atom is 0.249 e. The number of allylic oxidation sites excluding steroid dienone is 4. The highest BCUT2D eigenvalue weighted by molar-refractivity contribution is 5.80. The maximum absolute atomic E-state index is 12.7. The molecule has 0 spiro atoms. The molecule has 5 N–H and O–H groups in total. The Morgan fingerprint density at radius 3 is 0.768 bits per heavy atom. The van der Waals surface area contributed by atoms with Crippen LogP contribution in [0.2, 0.25) is 0 Å². The van der Waals surface area contributed by atoms with Crippen molar-refractivity contribution in [1.29, 1.82) is 0 Å². The van der Waals surface area contributed by atoms with Crippen molar-refractivity contribution >= 4 is 5.91 Å². The molecule has 4 unspecified atom stereocenters. The van der Waals surface area contributed by atoms with Crippen LogP contribution in [0.25, 0.3) is 0 Å². The number of amides is 1. The molecule has 0 aliphatic rings. The molecular formula is C76H149NO5. The van der Waals surface area contributed by atoms with Crippen molar-refractivity contribution in [1.82, 2.24) is 5.32 Å². The van der Waals surface area contributed by atoms with E-state index in [2.05, 4.69) is 43.5 Å². The molecule has 6 nitrogen and oxygen atoms in total. The standard InChI is InChI=1S/C76H149NO5/c1-3-5-7-9-11-13-15-17-19-21-23-25-27-29-31-33-35-36-37-38-39-40-42-44-46-48-50-52-54-56-58-60-62-64-66-68-70-74(80)76(82)77-72(71-78)75(81)73(79)69-67-65-63-61-59-57-55-53-51-49-47-45-43-41-34-32-30-28-26-24-22-20-18-16-14-12-10-8-6-4-2/h53,55,61,63,72-75,78-81H,3-52,54,56-60,62,64-71H2,1-2H3,(H,77,82)/b55-53+,63-61+. The van der Waals surface area contributed by atoms with Gasteiger partial charge in [-0.15, -0.1) is 0 Å². The third kappa shape index (κ3) is 63.3. The molecule has 0 aliphatic carbocycles. The largest absolute Gasteiger partial charge is 0.394 e. The summed E-state index contributed by atoms with van der Waals surface area (Å²) in [4.78, 5) is 12.7. The number of hydrogen-bond acceptors (Lipinski definition) is 5. The van der Waals surface area contributed by atoms with Crippen molar-refractivity contribution in [3.63, 3.8) is 0 Å². The lowest BCUT2D eigenvalue weighted by Gasteiger charge is -2.27. The second-order valence-corrected chi connectivity index (χ2v) is 26.3. The molecule has 0 saturated carbocycles. The van der Waals surface area contributed by atoms with Gasteiger partial charge in [-0.2, -0.15) is 0 Å². The Hall–Kier alpha value is -1.21. The van der Waals surface area contributed by atoms with Crippen LogP contribution in [-0.4, -0.2) is 57.3 Å². The van der Waals surface area contributed by atoms with E-state index in [0.29, 0.717) is 19.3 Å². The van der Waals surface area contributed by atoms with E-state index in [9.17, 15) is 25.2 Å². The summed E-state index contributed by atoms with van der Waals surface area (Å²) in [6, 6.07) is -1.01. The van der Waals surface area contributed by atoms with Gasteiger partial charge in [0.15, 0.2) is 0 Å². The number of rotatable bonds is 71. The predicted octanol–water partition coefficient (Wildman–Crippen LogP) is 23.7. The molecule has 0 saturated heterocycles. The molecule has 82 heavy (non-hydrogen) atoms. The maximum atomic E-state index is 12.7. The zero-order valence-corrected chi connectivity index (χ0v) is 55.8. The van der Waals surface area contributed by atoms with E-state index < -0.39 is 36.9 Å². The Balaban J connectivity index is 3.53. The average molecular weight is 1160 g/mol. The van der Waals surface area contributed by atoms with Gasteiger partial charge in [0, 0.05) is 0 Å². The van der Waals surface area contributed by atoms with E-state index in [-0.39, 0.29) is 0 Å². The SMILES string of the molecule is CCCCCCCCCCCCCCCCCCCCCCC/C=C/CC/C=C/CCCC(O)C(O)C(CO)NC(=O)C(O)CCCCCCCCCCCCCCCCCCCCCCCCCCCCCCCCCCCCCC. The molecule has 488 valence electrons. The molecule has 0 aromatic heterocycles.